The quantitative estimate of drug-likeness (QED) is 0.503. The molecule has 3 aromatic carbocycles. The van der Waals surface area contributed by atoms with Crippen molar-refractivity contribution in [1.29, 1.82) is 0 Å². The van der Waals surface area contributed by atoms with Crippen LogP contribution in [0.25, 0.3) is 12.2 Å². The number of nitrogens with zero attached hydrogens (tertiary/aromatic N) is 2. The zero-order valence-electron chi connectivity index (χ0n) is 15.4. The number of benzene rings is 3. The molecule has 0 atom stereocenters. The summed E-state index contributed by atoms with van der Waals surface area (Å²) in [6.07, 6.45) is 4.72. The van der Waals surface area contributed by atoms with Crippen molar-refractivity contribution in [3.63, 3.8) is 0 Å². The van der Waals surface area contributed by atoms with Crippen LogP contribution in [-0.4, -0.2) is 13.1 Å². The van der Waals surface area contributed by atoms with E-state index in [1.165, 1.54) is 32.9 Å². The number of rotatable bonds is 2. The zero-order valence-corrected chi connectivity index (χ0v) is 18.6. The highest BCUT2D eigenvalue weighted by molar-refractivity contribution is 9.10. The summed E-state index contributed by atoms with van der Waals surface area (Å²) >= 11 is 7.18. The summed E-state index contributed by atoms with van der Waals surface area (Å²) < 4.78 is 2.25. The Morgan fingerprint density at radius 2 is 1.07 bits per heavy atom. The smallest absolute Gasteiger partial charge is 0.0439 e. The van der Waals surface area contributed by atoms with Gasteiger partial charge < -0.3 is 9.80 Å². The summed E-state index contributed by atoms with van der Waals surface area (Å²) in [6.45, 7) is 3.81. The molecule has 4 heteroatoms. The van der Waals surface area contributed by atoms with Crippen LogP contribution in [0.15, 0.2) is 69.6 Å². The van der Waals surface area contributed by atoms with Crippen molar-refractivity contribution >= 4 is 55.4 Å². The molecule has 0 saturated carbocycles. The van der Waals surface area contributed by atoms with Crippen LogP contribution in [0.3, 0.4) is 0 Å². The maximum Gasteiger partial charge on any atom is 0.0439 e. The summed E-state index contributed by atoms with van der Waals surface area (Å²) in [7, 11) is 0. The average molecular weight is 496 g/mol. The van der Waals surface area contributed by atoms with Gasteiger partial charge in [-0.2, -0.15) is 0 Å². The lowest BCUT2D eigenvalue weighted by atomic mass is 9.99. The third-order valence-corrected chi connectivity index (χ3v) is 6.52. The summed E-state index contributed by atoms with van der Waals surface area (Å²) in [5, 5.41) is 2.77. The van der Waals surface area contributed by atoms with E-state index in [4.69, 9.17) is 0 Å². The molecule has 0 bridgehead atoms. The van der Waals surface area contributed by atoms with Crippen molar-refractivity contribution in [1.82, 2.24) is 0 Å². The first kappa shape index (κ1) is 18.0. The molecule has 0 N–H and O–H groups in total. The van der Waals surface area contributed by atoms with Gasteiger partial charge in [0.25, 0.3) is 0 Å². The fourth-order valence-corrected chi connectivity index (χ4v) is 4.85. The molecule has 2 nitrogen and oxygen atoms in total. The summed E-state index contributed by atoms with van der Waals surface area (Å²) in [6, 6.07) is 21.9. The minimum absolute atomic E-state index is 0.946. The molecule has 140 valence electrons. The van der Waals surface area contributed by atoms with Crippen molar-refractivity contribution in [2.45, 2.75) is 13.1 Å². The highest BCUT2D eigenvalue weighted by Crippen LogP contribution is 2.24. The van der Waals surface area contributed by atoms with E-state index in [1.807, 2.05) is 0 Å². The normalized spacial score (nSPS) is 15.4. The molecule has 0 spiro atoms. The van der Waals surface area contributed by atoms with Gasteiger partial charge in [0.1, 0.15) is 0 Å². The fraction of sp³-hybridized carbons (Fsp3) is 0.167. The Bertz CT molecular complexity index is 1080. The average Bonchev–Trinajstić information content (AvgIpc) is 2.71. The van der Waals surface area contributed by atoms with E-state index in [0.29, 0.717) is 0 Å². The van der Waals surface area contributed by atoms with Gasteiger partial charge in [-0.1, -0.05) is 56.1 Å². The van der Waals surface area contributed by atoms with E-state index in [1.54, 1.807) is 0 Å². The Balaban J connectivity index is 1.44. The maximum absolute atomic E-state index is 3.59. The molecule has 28 heavy (non-hydrogen) atoms. The van der Waals surface area contributed by atoms with Crippen molar-refractivity contribution in [3.05, 3.63) is 91.2 Å². The number of anilines is 2. The molecule has 2 aliphatic rings. The lowest BCUT2D eigenvalue weighted by Gasteiger charge is -2.30. The minimum Gasteiger partial charge on any atom is -0.363 e. The fourth-order valence-electron chi connectivity index (χ4n) is 4.08. The standard InChI is InChI=1S/C24H20Br2N2/c25-21-3-1-5-23(13-21)27-9-7-17-12-20-16-28(24-6-2-4-22(26)14-24)10-8-18(20)11-19(17)15-27/h1-8,11-14H,9-10,15-16H2. The van der Waals surface area contributed by atoms with Crippen LogP contribution >= 0.6 is 31.9 Å². The Morgan fingerprint density at radius 1 is 0.607 bits per heavy atom. The second-order valence-corrected chi connectivity index (χ2v) is 9.21. The lowest BCUT2D eigenvalue weighted by Crippen LogP contribution is -2.37. The molecule has 0 radical (unpaired) electrons. The van der Waals surface area contributed by atoms with E-state index in [9.17, 15) is 0 Å². The zero-order chi connectivity index (χ0) is 19.1. The predicted molar refractivity (Wildman–Crippen MR) is 125 cm³/mol. The van der Waals surface area contributed by atoms with E-state index >= 15 is 0 Å². The number of hydrogen-bond acceptors (Lipinski definition) is 2. The van der Waals surface area contributed by atoms with Crippen LogP contribution in [0, 0.1) is 0 Å². The Hall–Kier alpha value is -2.04. The highest BCUT2D eigenvalue weighted by Gasteiger charge is 2.16. The minimum atomic E-state index is 0.946. The van der Waals surface area contributed by atoms with E-state index in [2.05, 4.69) is 114 Å². The van der Waals surface area contributed by atoms with Gasteiger partial charge in [-0.25, -0.2) is 0 Å². The number of hydrogen-bond donors (Lipinski definition) is 0. The summed E-state index contributed by atoms with van der Waals surface area (Å²) in [5.74, 6) is 0. The molecular formula is C24H20Br2N2. The van der Waals surface area contributed by atoms with Crippen LogP contribution in [-0.2, 0) is 13.1 Å². The molecule has 0 amide bonds. The molecule has 2 heterocycles. The second kappa shape index (κ2) is 7.41. The van der Waals surface area contributed by atoms with E-state index in [-0.39, 0.29) is 0 Å². The Labute approximate surface area is 182 Å². The molecule has 0 aromatic heterocycles. The number of halogens is 2. The monoisotopic (exact) mass is 494 g/mol. The molecule has 2 aliphatic heterocycles. The first-order valence-corrected chi connectivity index (χ1v) is 11.1. The van der Waals surface area contributed by atoms with Crippen molar-refractivity contribution in [3.8, 4) is 0 Å². The van der Waals surface area contributed by atoms with E-state index in [0.717, 1.165) is 35.1 Å². The van der Waals surface area contributed by atoms with Crippen LogP contribution < -0.4 is 20.2 Å². The first-order chi connectivity index (χ1) is 13.7. The third-order valence-electron chi connectivity index (χ3n) is 5.53. The van der Waals surface area contributed by atoms with Gasteiger partial charge in [0.15, 0.2) is 0 Å². The van der Waals surface area contributed by atoms with Crippen molar-refractivity contribution in [2.75, 3.05) is 22.9 Å². The van der Waals surface area contributed by atoms with Gasteiger partial charge in [0, 0.05) is 46.5 Å². The summed E-state index contributed by atoms with van der Waals surface area (Å²) in [5.41, 5.74) is 5.35. The van der Waals surface area contributed by atoms with Crippen LogP contribution in [0.5, 0.6) is 0 Å². The van der Waals surface area contributed by atoms with Gasteiger partial charge in [0.05, 0.1) is 0 Å². The van der Waals surface area contributed by atoms with Gasteiger partial charge in [-0.05, 0) is 70.1 Å². The molecule has 5 rings (SSSR count). The summed E-state index contributed by atoms with van der Waals surface area (Å²) in [4.78, 5) is 4.85. The SMILES string of the molecule is Brc1cccc(N2CC=c3cc4c(cc3C2)=CCN(c2cccc(Br)c2)C4)c1. The highest BCUT2D eigenvalue weighted by atomic mass is 79.9. The predicted octanol–water partition coefficient (Wildman–Crippen LogP) is 4.81. The Morgan fingerprint density at radius 3 is 1.50 bits per heavy atom. The van der Waals surface area contributed by atoms with Crippen LogP contribution in [0.2, 0.25) is 0 Å². The first-order valence-electron chi connectivity index (χ1n) is 9.49. The van der Waals surface area contributed by atoms with Gasteiger partial charge in [-0.3, -0.25) is 0 Å². The number of fused-ring (bicyclic) bond motifs is 2. The maximum atomic E-state index is 3.59. The van der Waals surface area contributed by atoms with Crippen LogP contribution in [0.4, 0.5) is 11.4 Å². The molecular weight excluding hydrogens is 476 g/mol. The lowest BCUT2D eigenvalue weighted by molar-refractivity contribution is 0.831. The molecule has 3 aromatic rings. The topological polar surface area (TPSA) is 6.48 Å². The molecule has 0 unspecified atom stereocenters. The molecule has 0 saturated heterocycles. The largest absolute Gasteiger partial charge is 0.363 e. The molecule has 0 fully saturated rings. The van der Waals surface area contributed by atoms with Gasteiger partial charge in [-0.15, -0.1) is 0 Å². The van der Waals surface area contributed by atoms with Crippen LogP contribution in [0.1, 0.15) is 11.1 Å². The Kier molecular flexibility index (Phi) is 4.77. The van der Waals surface area contributed by atoms with Gasteiger partial charge in [0.2, 0.25) is 0 Å². The second-order valence-electron chi connectivity index (χ2n) is 7.38. The molecule has 0 aliphatic carbocycles. The van der Waals surface area contributed by atoms with Crippen molar-refractivity contribution in [2.24, 2.45) is 0 Å². The van der Waals surface area contributed by atoms with E-state index < -0.39 is 0 Å². The third kappa shape index (κ3) is 3.51. The van der Waals surface area contributed by atoms with Gasteiger partial charge >= 0.3 is 0 Å². The van der Waals surface area contributed by atoms with Crippen molar-refractivity contribution < 1.29 is 0 Å².